The maximum absolute atomic E-state index is 12.8. The van der Waals surface area contributed by atoms with Crippen molar-refractivity contribution in [2.75, 3.05) is 13.1 Å². The molecule has 1 aromatic carbocycles. The molecule has 1 fully saturated rings. The number of benzene rings is 1. The minimum atomic E-state index is 0.282. The van der Waals surface area contributed by atoms with Gasteiger partial charge in [-0.2, -0.15) is 0 Å². The van der Waals surface area contributed by atoms with Crippen LogP contribution in [0.15, 0.2) is 36.7 Å². The Labute approximate surface area is 157 Å². The molecule has 0 N–H and O–H groups in total. The number of aryl methyl sites for hydroxylation is 3. The number of amides is 1. The summed E-state index contributed by atoms with van der Waals surface area (Å²) in [4.78, 5) is 19.4. The van der Waals surface area contributed by atoms with Gasteiger partial charge in [0.2, 0.25) is 5.91 Å². The molecule has 2 aromatic rings. The van der Waals surface area contributed by atoms with Crippen LogP contribution in [0.4, 0.5) is 0 Å². The molecule has 1 unspecified atom stereocenters. The molecule has 1 aliphatic rings. The summed E-state index contributed by atoms with van der Waals surface area (Å²) in [7, 11) is 0. The number of hydrogen-bond donors (Lipinski definition) is 0. The molecule has 1 amide bonds. The minimum Gasteiger partial charge on any atom is -0.342 e. The van der Waals surface area contributed by atoms with Crippen molar-refractivity contribution < 1.29 is 4.79 Å². The quantitative estimate of drug-likeness (QED) is 0.743. The second kappa shape index (κ2) is 9.02. The first kappa shape index (κ1) is 18.7. The van der Waals surface area contributed by atoms with Crippen LogP contribution in [-0.4, -0.2) is 33.4 Å². The van der Waals surface area contributed by atoms with Crippen LogP contribution >= 0.6 is 0 Å². The highest BCUT2D eigenvalue weighted by atomic mass is 16.2. The Bertz CT molecular complexity index is 722. The van der Waals surface area contributed by atoms with Gasteiger partial charge in [-0.25, -0.2) is 4.98 Å². The molecule has 0 saturated carbocycles. The van der Waals surface area contributed by atoms with E-state index < -0.39 is 0 Å². The van der Waals surface area contributed by atoms with Gasteiger partial charge >= 0.3 is 0 Å². The van der Waals surface area contributed by atoms with Crippen LogP contribution < -0.4 is 0 Å². The first-order valence-electron chi connectivity index (χ1n) is 10.0. The van der Waals surface area contributed by atoms with Crippen molar-refractivity contribution in [1.82, 2.24) is 14.5 Å². The van der Waals surface area contributed by atoms with Crippen molar-refractivity contribution in [2.45, 2.75) is 64.8 Å². The molecule has 1 aliphatic heterocycles. The molecular weight excluding hydrogens is 322 g/mol. The van der Waals surface area contributed by atoms with Crippen molar-refractivity contribution in [3.63, 3.8) is 0 Å². The average molecular weight is 354 g/mol. The lowest BCUT2D eigenvalue weighted by Gasteiger charge is -2.33. The lowest BCUT2D eigenvalue weighted by atomic mass is 9.96. The zero-order chi connectivity index (χ0) is 18.4. The molecule has 1 aromatic heterocycles. The van der Waals surface area contributed by atoms with Gasteiger partial charge in [-0.05, 0) is 43.7 Å². The molecule has 1 saturated heterocycles. The summed E-state index contributed by atoms with van der Waals surface area (Å²) in [5.74, 6) is 1.82. The van der Waals surface area contributed by atoms with E-state index in [1.165, 1.54) is 24.0 Å². The van der Waals surface area contributed by atoms with Gasteiger partial charge in [0.1, 0.15) is 5.82 Å². The summed E-state index contributed by atoms with van der Waals surface area (Å²) in [6.45, 7) is 7.07. The molecule has 0 spiro atoms. The van der Waals surface area contributed by atoms with Gasteiger partial charge in [-0.1, -0.05) is 37.6 Å². The van der Waals surface area contributed by atoms with Crippen LogP contribution in [0.5, 0.6) is 0 Å². The first-order chi connectivity index (χ1) is 12.7. The van der Waals surface area contributed by atoms with E-state index >= 15 is 0 Å². The summed E-state index contributed by atoms with van der Waals surface area (Å²) in [5, 5.41) is 0. The summed E-state index contributed by atoms with van der Waals surface area (Å²) in [5.41, 5.74) is 2.55. The average Bonchev–Trinajstić information content (AvgIpc) is 3.14. The smallest absolute Gasteiger partial charge is 0.222 e. The van der Waals surface area contributed by atoms with E-state index in [-0.39, 0.29) is 5.91 Å². The first-order valence-corrected chi connectivity index (χ1v) is 10.0. The largest absolute Gasteiger partial charge is 0.342 e. The highest BCUT2D eigenvalue weighted by Crippen LogP contribution is 2.26. The van der Waals surface area contributed by atoms with Crippen molar-refractivity contribution >= 4 is 5.91 Å². The molecule has 0 bridgehead atoms. The van der Waals surface area contributed by atoms with Crippen LogP contribution in [-0.2, 0) is 17.8 Å². The van der Waals surface area contributed by atoms with E-state index in [0.29, 0.717) is 12.3 Å². The van der Waals surface area contributed by atoms with E-state index in [1.54, 1.807) is 0 Å². The molecule has 140 valence electrons. The van der Waals surface area contributed by atoms with Crippen molar-refractivity contribution in [1.29, 1.82) is 0 Å². The maximum atomic E-state index is 12.8. The highest BCUT2D eigenvalue weighted by Gasteiger charge is 2.27. The summed E-state index contributed by atoms with van der Waals surface area (Å²) in [6, 6.07) is 8.36. The Morgan fingerprint density at radius 1 is 1.31 bits per heavy atom. The Hall–Kier alpha value is -2.10. The highest BCUT2D eigenvalue weighted by molar-refractivity contribution is 5.76. The Kier molecular flexibility index (Phi) is 6.48. The number of likely N-dealkylation sites (tertiary alicyclic amines) is 1. The fraction of sp³-hybridized carbons (Fsp3) is 0.545. The van der Waals surface area contributed by atoms with E-state index in [2.05, 4.69) is 58.8 Å². The van der Waals surface area contributed by atoms with Crippen LogP contribution in [0, 0.1) is 6.92 Å². The molecule has 0 aliphatic carbocycles. The predicted molar refractivity (Wildman–Crippen MR) is 105 cm³/mol. The monoisotopic (exact) mass is 353 g/mol. The van der Waals surface area contributed by atoms with Gasteiger partial charge in [0.05, 0.1) is 0 Å². The van der Waals surface area contributed by atoms with Crippen LogP contribution in [0.1, 0.15) is 61.9 Å². The van der Waals surface area contributed by atoms with Gasteiger partial charge in [0, 0.05) is 44.4 Å². The number of unbranched alkanes of at least 4 members (excludes halogenated alkanes) is 1. The molecule has 3 rings (SSSR count). The summed E-state index contributed by atoms with van der Waals surface area (Å²) >= 11 is 0. The van der Waals surface area contributed by atoms with Gasteiger partial charge in [0.25, 0.3) is 0 Å². The topological polar surface area (TPSA) is 38.1 Å². The number of aromatic nitrogens is 2. The number of carbonyl (C=O) groups is 1. The van der Waals surface area contributed by atoms with Crippen molar-refractivity contribution in [2.24, 2.45) is 0 Å². The molecule has 0 radical (unpaired) electrons. The maximum Gasteiger partial charge on any atom is 0.222 e. The van der Waals surface area contributed by atoms with E-state index in [9.17, 15) is 4.79 Å². The van der Waals surface area contributed by atoms with Gasteiger partial charge in [-0.3, -0.25) is 4.79 Å². The third-order valence-electron chi connectivity index (χ3n) is 5.51. The summed E-state index contributed by atoms with van der Waals surface area (Å²) < 4.78 is 2.29. The van der Waals surface area contributed by atoms with Crippen LogP contribution in [0.25, 0.3) is 0 Å². The molecule has 4 nitrogen and oxygen atoms in total. The Balaban J connectivity index is 1.59. The number of imidazole rings is 1. The second-order valence-electron chi connectivity index (χ2n) is 7.44. The molecule has 26 heavy (non-hydrogen) atoms. The number of nitrogens with zero attached hydrogens (tertiary/aromatic N) is 3. The lowest BCUT2D eigenvalue weighted by Crippen LogP contribution is -2.39. The minimum absolute atomic E-state index is 0.282. The SMILES string of the molecule is CCCCn1ccnc1C1CCCN(C(=O)CCc2ccccc2C)C1. The molecular formula is C22H31N3O. The zero-order valence-electron chi connectivity index (χ0n) is 16.2. The lowest BCUT2D eigenvalue weighted by molar-refractivity contribution is -0.132. The fourth-order valence-corrected chi connectivity index (χ4v) is 3.90. The Morgan fingerprint density at radius 2 is 2.15 bits per heavy atom. The van der Waals surface area contributed by atoms with Gasteiger partial charge < -0.3 is 9.47 Å². The number of piperidine rings is 1. The predicted octanol–water partition coefficient (Wildman–Crippen LogP) is 4.33. The molecule has 1 atom stereocenters. The van der Waals surface area contributed by atoms with E-state index in [0.717, 1.165) is 44.7 Å². The van der Waals surface area contributed by atoms with Gasteiger partial charge in [-0.15, -0.1) is 0 Å². The van der Waals surface area contributed by atoms with Crippen LogP contribution in [0.2, 0.25) is 0 Å². The summed E-state index contributed by atoms with van der Waals surface area (Å²) in [6.07, 6.45) is 9.99. The molecule has 2 heterocycles. The number of rotatable bonds is 7. The Morgan fingerprint density at radius 3 is 2.96 bits per heavy atom. The second-order valence-corrected chi connectivity index (χ2v) is 7.44. The third-order valence-corrected chi connectivity index (χ3v) is 5.51. The van der Waals surface area contributed by atoms with Crippen LogP contribution in [0.3, 0.4) is 0 Å². The van der Waals surface area contributed by atoms with Crippen molar-refractivity contribution in [3.05, 3.63) is 53.6 Å². The normalized spacial score (nSPS) is 17.5. The van der Waals surface area contributed by atoms with E-state index in [1.807, 2.05) is 6.20 Å². The van der Waals surface area contributed by atoms with E-state index in [4.69, 9.17) is 0 Å². The molecule has 4 heteroatoms. The number of carbonyl (C=O) groups excluding carboxylic acids is 1. The standard InChI is InChI=1S/C22H31N3O/c1-3-4-14-24-16-13-23-22(24)20-10-7-15-25(17-20)21(26)12-11-19-9-6-5-8-18(19)2/h5-6,8-9,13,16,20H,3-4,7,10-12,14-15,17H2,1-2H3. The van der Waals surface area contributed by atoms with Gasteiger partial charge in [0.15, 0.2) is 0 Å². The third kappa shape index (κ3) is 4.54. The zero-order valence-corrected chi connectivity index (χ0v) is 16.2. The number of hydrogen-bond acceptors (Lipinski definition) is 2. The fourth-order valence-electron chi connectivity index (χ4n) is 3.90. The van der Waals surface area contributed by atoms with Crippen molar-refractivity contribution in [3.8, 4) is 0 Å².